The number of benzene rings is 1. The van der Waals surface area contributed by atoms with Crippen LogP contribution in [0, 0.1) is 6.92 Å². The first-order chi connectivity index (χ1) is 12.9. The third-order valence-corrected chi connectivity index (χ3v) is 4.28. The van der Waals surface area contributed by atoms with Crippen LogP contribution in [0.15, 0.2) is 42.7 Å². The van der Waals surface area contributed by atoms with Gasteiger partial charge in [0.25, 0.3) is 11.8 Å². The molecule has 2 aromatic rings. The first kappa shape index (κ1) is 18.5. The second-order valence-corrected chi connectivity index (χ2v) is 6.24. The summed E-state index contributed by atoms with van der Waals surface area (Å²) in [6, 6.07) is 8.33. The number of carbonyl (C=O) groups excluding carboxylic acids is 2. The van der Waals surface area contributed by atoms with E-state index in [4.69, 9.17) is 9.84 Å². The van der Waals surface area contributed by atoms with Gasteiger partial charge in [-0.25, -0.2) is 4.79 Å². The van der Waals surface area contributed by atoms with Gasteiger partial charge >= 0.3 is 5.97 Å². The molecule has 0 saturated carbocycles. The van der Waals surface area contributed by atoms with E-state index in [0.29, 0.717) is 29.8 Å². The van der Waals surface area contributed by atoms with E-state index < -0.39 is 24.1 Å². The van der Waals surface area contributed by atoms with Gasteiger partial charge in [-0.1, -0.05) is 6.07 Å². The minimum absolute atomic E-state index is 0.285. The highest BCUT2D eigenvalue weighted by atomic mass is 16.5. The number of carboxylic acids is 1. The Morgan fingerprint density at radius 1 is 1.07 bits per heavy atom. The smallest absolute Gasteiger partial charge is 0.332 e. The van der Waals surface area contributed by atoms with Gasteiger partial charge in [-0.05, 0) is 49.6 Å². The molecule has 1 aromatic carbocycles. The Balaban J connectivity index is 1.67. The van der Waals surface area contributed by atoms with Crippen LogP contribution in [0.25, 0.3) is 0 Å². The van der Waals surface area contributed by atoms with E-state index in [2.05, 4.69) is 15.6 Å². The Morgan fingerprint density at radius 2 is 1.78 bits per heavy atom. The standard InChI is InChI=1S/C19H19N3O5/c1-11-2-3-13(21-18(24)15-4-5-16(27-15)19(25)26)10-14(11)22-17(23)12-6-8-20-9-7-12/h2-3,6-10,15-16H,4-5H2,1H3,(H,21,24)(H,22,23)(H,25,26)/t15-,16+/m0/s1. The first-order valence-electron chi connectivity index (χ1n) is 8.45. The highest BCUT2D eigenvalue weighted by Gasteiger charge is 2.34. The van der Waals surface area contributed by atoms with E-state index in [1.54, 1.807) is 30.3 Å². The minimum atomic E-state index is -1.07. The summed E-state index contributed by atoms with van der Waals surface area (Å²) in [6.45, 7) is 1.84. The van der Waals surface area contributed by atoms with E-state index in [9.17, 15) is 14.4 Å². The number of pyridine rings is 1. The summed E-state index contributed by atoms with van der Waals surface area (Å²) in [6.07, 6.45) is 1.96. The van der Waals surface area contributed by atoms with Gasteiger partial charge in [0.15, 0.2) is 6.10 Å². The van der Waals surface area contributed by atoms with Gasteiger partial charge in [0.05, 0.1) is 0 Å². The molecular formula is C19H19N3O5. The summed E-state index contributed by atoms with van der Waals surface area (Å²) >= 11 is 0. The highest BCUT2D eigenvalue weighted by molar-refractivity contribution is 6.05. The lowest BCUT2D eigenvalue weighted by Crippen LogP contribution is -2.30. The van der Waals surface area contributed by atoms with E-state index in [1.807, 2.05) is 6.92 Å². The molecule has 140 valence electrons. The molecule has 27 heavy (non-hydrogen) atoms. The molecule has 0 aliphatic carbocycles. The Labute approximate surface area is 155 Å². The molecule has 1 aliphatic heterocycles. The average Bonchev–Trinajstić information content (AvgIpc) is 3.16. The minimum Gasteiger partial charge on any atom is -0.479 e. The van der Waals surface area contributed by atoms with E-state index in [-0.39, 0.29) is 5.91 Å². The van der Waals surface area contributed by atoms with Crippen molar-refractivity contribution in [2.75, 3.05) is 10.6 Å². The average molecular weight is 369 g/mol. The molecule has 8 heteroatoms. The molecule has 0 unspecified atom stereocenters. The summed E-state index contributed by atoms with van der Waals surface area (Å²) in [4.78, 5) is 39.4. The molecule has 2 heterocycles. The van der Waals surface area contributed by atoms with Crippen LogP contribution >= 0.6 is 0 Å². The van der Waals surface area contributed by atoms with Crippen molar-refractivity contribution in [3.63, 3.8) is 0 Å². The maximum absolute atomic E-state index is 12.3. The zero-order chi connectivity index (χ0) is 19.4. The Kier molecular flexibility index (Phi) is 5.46. The van der Waals surface area contributed by atoms with Crippen LogP contribution in [0.2, 0.25) is 0 Å². The monoisotopic (exact) mass is 369 g/mol. The van der Waals surface area contributed by atoms with Crippen molar-refractivity contribution in [2.45, 2.75) is 32.0 Å². The SMILES string of the molecule is Cc1ccc(NC(=O)[C@@H]2CC[C@H](C(=O)O)O2)cc1NC(=O)c1ccncc1. The summed E-state index contributed by atoms with van der Waals surface area (Å²) in [5.74, 6) is -1.76. The van der Waals surface area contributed by atoms with Gasteiger partial charge in [-0.2, -0.15) is 0 Å². The molecule has 3 N–H and O–H groups in total. The van der Waals surface area contributed by atoms with Gasteiger partial charge < -0.3 is 20.5 Å². The summed E-state index contributed by atoms with van der Waals surface area (Å²) in [7, 11) is 0. The highest BCUT2D eigenvalue weighted by Crippen LogP contribution is 2.24. The maximum Gasteiger partial charge on any atom is 0.332 e. The van der Waals surface area contributed by atoms with Gasteiger partial charge in [-0.15, -0.1) is 0 Å². The predicted molar refractivity (Wildman–Crippen MR) is 97.5 cm³/mol. The number of nitrogens with one attached hydrogen (secondary N) is 2. The van der Waals surface area contributed by atoms with Crippen molar-refractivity contribution in [3.8, 4) is 0 Å². The van der Waals surface area contributed by atoms with E-state index in [0.717, 1.165) is 5.56 Å². The largest absolute Gasteiger partial charge is 0.479 e. The maximum atomic E-state index is 12.3. The van der Waals surface area contributed by atoms with Crippen molar-refractivity contribution in [2.24, 2.45) is 0 Å². The number of carbonyl (C=O) groups is 3. The number of aryl methyl sites for hydroxylation is 1. The molecule has 1 saturated heterocycles. The number of anilines is 2. The topological polar surface area (TPSA) is 118 Å². The molecule has 1 aromatic heterocycles. The number of hydrogen-bond acceptors (Lipinski definition) is 5. The number of hydrogen-bond donors (Lipinski definition) is 3. The van der Waals surface area contributed by atoms with Crippen molar-refractivity contribution in [1.82, 2.24) is 4.98 Å². The van der Waals surface area contributed by atoms with Crippen molar-refractivity contribution < 1.29 is 24.2 Å². The number of ether oxygens (including phenoxy) is 1. The number of carboxylic acid groups (broad SMARTS) is 1. The van der Waals surface area contributed by atoms with E-state index >= 15 is 0 Å². The molecule has 0 radical (unpaired) electrons. The zero-order valence-corrected chi connectivity index (χ0v) is 14.6. The van der Waals surface area contributed by atoms with Gasteiger partial charge in [0, 0.05) is 29.3 Å². The van der Waals surface area contributed by atoms with Crippen molar-refractivity contribution in [3.05, 3.63) is 53.9 Å². The van der Waals surface area contributed by atoms with E-state index in [1.165, 1.54) is 12.4 Å². The third-order valence-electron chi connectivity index (χ3n) is 4.28. The molecule has 1 aliphatic rings. The second-order valence-electron chi connectivity index (χ2n) is 6.24. The molecule has 0 spiro atoms. The van der Waals surface area contributed by atoms with Crippen molar-refractivity contribution in [1.29, 1.82) is 0 Å². The van der Waals surface area contributed by atoms with Gasteiger partial charge in [0.1, 0.15) is 6.10 Å². The second kappa shape index (κ2) is 7.96. The Hall–Kier alpha value is -3.26. The van der Waals surface area contributed by atoms with Crippen LogP contribution in [-0.2, 0) is 14.3 Å². The first-order valence-corrected chi connectivity index (χ1v) is 8.45. The number of aliphatic carboxylic acids is 1. The molecule has 8 nitrogen and oxygen atoms in total. The van der Waals surface area contributed by atoms with Crippen molar-refractivity contribution >= 4 is 29.2 Å². The third kappa shape index (κ3) is 4.48. The lowest BCUT2D eigenvalue weighted by atomic mass is 10.1. The fraction of sp³-hybridized carbons (Fsp3) is 0.263. The fourth-order valence-corrected chi connectivity index (χ4v) is 2.77. The van der Waals surface area contributed by atoms with Gasteiger partial charge in [0.2, 0.25) is 0 Å². The van der Waals surface area contributed by atoms with Gasteiger partial charge in [-0.3, -0.25) is 14.6 Å². The zero-order valence-electron chi connectivity index (χ0n) is 14.6. The van der Waals surface area contributed by atoms with Crippen LogP contribution < -0.4 is 10.6 Å². The van der Waals surface area contributed by atoms with Crippen LogP contribution in [0.5, 0.6) is 0 Å². The summed E-state index contributed by atoms with van der Waals surface area (Å²) in [5, 5.41) is 14.5. The van der Waals surface area contributed by atoms with Crippen LogP contribution in [0.1, 0.15) is 28.8 Å². The lowest BCUT2D eigenvalue weighted by molar-refractivity contribution is -0.150. The Bertz CT molecular complexity index is 869. The normalized spacial score (nSPS) is 18.7. The predicted octanol–water partition coefficient (Wildman–Crippen LogP) is 2.21. The number of aromatic nitrogens is 1. The molecule has 3 rings (SSSR count). The molecule has 0 bridgehead atoms. The Morgan fingerprint density at radius 3 is 2.44 bits per heavy atom. The molecule has 2 amide bonds. The number of amides is 2. The van der Waals surface area contributed by atoms with Crippen LogP contribution in [0.4, 0.5) is 11.4 Å². The number of nitrogens with zero attached hydrogens (tertiary/aromatic N) is 1. The summed E-state index contributed by atoms with van der Waals surface area (Å²) in [5.41, 5.74) is 2.35. The number of rotatable bonds is 5. The molecule has 1 fully saturated rings. The molecule has 2 atom stereocenters. The molecular weight excluding hydrogens is 350 g/mol. The lowest BCUT2D eigenvalue weighted by Gasteiger charge is -2.14. The quantitative estimate of drug-likeness (QED) is 0.744. The fourth-order valence-electron chi connectivity index (χ4n) is 2.77. The van der Waals surface area contributed by atoms with Crippen LogP contribution in [0.3, 0.4) is 0 Å². The summed E-state index contributed by atoms with van der Waals surface area (Å²) < 4.78 is 5.25. The van der Waals surface area contributed by atoms with Crippen LogP contribution in [-0.4, -0.2) is 40.1 Å².